The number of hydrogen-bond donors (Lipinski definition) is 1. The first-order valence-electron chi connectivity index (χ1n) is 5.97. The number of carbonyl (C=O) groups is 1. The summed E-state index contributed by atoms with van der Waals surface area (Å²) in [5, 5.41) is 9.50. The van der Waals surface area contributed by atoms with Gasteiger partial charge in [-0.2, -0.15) is 0 Å². The van der Waals surface area contributed by atoms with Gasteiger partial charge in [0.2, 0.25) is 0 Å². The first-order valence-corrected chi connectivity index (χ1v) is 5.97. The van der Waals surface area contributed by atoms with Crippen LogP contribution >= 0.6 is 0 Å². The van der Waals surface area contributed by atoms with E-state index >= 15 is 0 Å². The van der Waals surface area contributed by atoms with Crippen LogP contribution in [-0.2, 0) is 14.9 Å². The number of nitrogens with zero attached hydrogens (tertiary/aromatic N) is 1. The lowest BCUT2D eigenvalue weighted by Crippen LogP contribution is -2.44. The van der Waals surface area contributed by atoms with E-state index in [2.05, 4.69) is 0 Å². The minimum absolute atomic E-state index is 0.454. The Balaban J connectivity index is 2.85. The van der Waals surface area contributed by atoms with Gasteiger partial charge >= 0.3 is 5.97 Å². The van der Waals surface area contributed by atoms with Crippen LogP contribution in [0.5, 0.6) is 0 Å². The Bertz CT molecular complexity index is 380. The molecule has 0 heterocycles. The van der Waals surface area contributed by atoms with E-state index in [1.165, 1.54) is 0 Å². The molecule has 1 N–H and O–H groups in total. The van der Waals surface area contributed by atoms with Gasteiger partial charge in [-0.25, -0.2) is 0 Å². The van der Waals surface area contributed by atoms with Gasteiger partial charge in [0, 0.05) is 20.2 Å². The molecule has 1 unspecified atom stereocenters. The first-order chi connectivity index (χ1) is 8.50. The van der Waals surface area contributed by atoms with Crippen molar-refractivity contribution in [1.29, 1.82) is 0 Å². The van der Waals surface area contributed by atoms with E-state index in [1.54, 1.807) is 14.0 Å². The van der Waals surface area contributed by atoms with Gasteiger partial charge in [0.15, 0.2) is 0 Å². The third-order valence-corrected chi connectivity index (χ3v) is 3.15. The van der Waals surface area contributed by atoms with Crippen molar-refractivity contribution in [3.8, 4) is 0 Å². The van der Waals surface area contributed by atoms with E-state index in [0.717, 1.165) is 5.56 Å². The van der Waals surface area contributed by atoms with Crippen LogP contribution in [0.1, 0.15) is 12.5 Å². The van der Waals surface area contributed by atoms with Crippen molar-refractivity contribution in [3.05, 3.63) is 35.9 Å². The van der Waals surface area contributed by atoms with E-state index in [9.17, 15) is 9.90 Å². The number of rotatable bonds is 7. The third-order valence-electron chi connectivity index (χ3n) is 3.15. The molecule has 0 amide bonds. The molecule has 1 rings (SSSR count). The molecule has 4 nitrogen and oxygen atoms in total. The number of carboxylic acid groups (broad SMARTS) is 1. The average Bonchev–Trinajstić information content (AvgIpc) is 2.37. The summed E-state index contributed by atoms with van der Waals surface area (Å²) in [6.45, 7) is 3.52. The topological polar surface area (TPSA) is 49.8 Å². The smallest absolute Gasteiger partial charge is 0.315 e. The van der Waals surface area contributed by atoms with E-state index in [0.29, 0.717) is 19.7 Å². The fourth-order valence-electron chi connectivity index (χ4n) is 1.95. The predicted octanol–water partition coefficient (Wildman–Crippen LogP) is 1.61. The Labute approximate surface area is 108 Å². The molecule has 1 aromatic rings. The lowest BCUT2D eigenvalue weighted by atomic mass is 9.82. The maximum Gasteiger partial charge on any atom is 0.315 e. The molecule has 1 aromatic carbocycles. The molecule has 0 fully saturated rings. The number of hydrogen-bond acceptors (Lipinski definition) is 3. The van der Waals surface area contributed by atoms with Crippen LogP contribution in [0.4, 0.5) is 0 Å². The van der Waals surface area contributed by atoms with Crippen molar-refractivity contribution in [3.63, 3.8) is 0 Å². The van der Waals surface area contributed by atoms with Crippen LogP contribution in [0.25, 0.3) is 0 Å². The van der Waals surface area contributed by atoms with Crippen molar-refractivity contribution in [2.45, 2.75) is 12.3 Å². The molecular formula is C14H21NO3. The normalized spacial score (nSPS) is 14.4. The number of likely N-dealkylation sites (N-methyl/N-ethyl adjacent to an activating group) is 1. The summed E-state index contributed by atoms with van der Waals surface area (Å²) < 4.78 is 5.00. The van der Waals surface area contributed by atoms with Crippen LogP contribution < -0.4 is 0 Å². The Morgan fingerprint density at radius 3 is 2.50 bits per heavy atom. The minimum atomic E-state index is -0.899. The summed E-state index contributed by atoms with van der Waals surface area (Å²) in [4.78, 5) is 13.5. The number of benzene rings is 1. The van der Waals surface area contributed by atoms with Crippen LogP contribution in [0.2, 0.25) is 0 Å². The van der Waals surface area contributed by atoms with Gasteiger partial charge in [0.1, 0.15) is 5.41 Å². The molecule has 0 spiro atoms. The SMILES string of the molecule is COCCN(C)CC(C)(C(=O)O)c1ccccc1. The van der Waals surface area contributed by atoms with E-state index in [1.807, 2.05) is 42.3 Å². The highest BCUT2D eigenvalue weighted by Crippen LogP contribution is 2.24. The molecule has 0 radical (unpaired) electrons. The largest absolute Gasteiger partial charge is 0.481 e. The minimum Gasteiger partial charge on any atom is -0.481 e. The lowest BCUT2D eigenvalue weighted by molar-refractivity contribution is -0.144. The second-order valence-electron chi connectivity index (χ2n) is 4.73. The summed E-state index contributed by atoms with van der Waals surface area (Å²) in [5.41, 5.74) is -0.0780. The van der Waals surface area contributed by atoms with Gasteiger partial charge in [-0.15, -0.1) is 0 Å². The fraction of sp³-hybridized carbons (Fsp3) is 0.500. The van der Waals surface area contributed by atoms with Gasteiger partial charge < -0.3 is 14.7 Å². The highest BCUT2D eigenvalue weighted by Gasteiger charge is 2.36. The Hall–Kier alpha value is -1.39. The number of methoxy groups -OCH3 is 1. The summed E-state index contributed by atoms with van der Waals surface area (Å²) in [5.74, 6) is -0.807. The second kappa shape index (κ2) is 6.52. The molecule has 1 atom stereocenters. The quantitative estimate of drug-likeness (QED) is 0.800. The highest BCUT2D eigenvalue weighted by atomic mass is 16.5. The summed E-state index contributed by atoms with van der Waals surface area (Å²) in [6.07, 6.45) is 0. The van der Waals surface area contributed by atoms with Gasteiger partial charge in [-0.05, 0) is 19.5 Å². The molecule has 18 heavy (non-hydrogen) atoms. The van der Waals surface area contributed by atoms with Gasteiger partial charge in [-0.1, -0.05) is 30.3 Å². The van der Waals surface area contributed by atoms with Gasteiger partial charge in [0.05, 0.1) is 6.61 Å². The first kappa shape index (κ1) is 14.7. The zero-order valence-electron chi connectivity index (χ0n) is 11.2. The predicted molar refractivity (Wildman–Crippen MR) is 70.8 cm³/mol. The molecule has 0 aliphatic carbocycles. The summed E-state index contributed by atoms with van der Waals surface area (Å²) >= 11 is 0. The molecule has 0 saturated heterocycles. The molecule has 0 saturated carbocycles. The highest BCUT2D eigenvalue weighted by molar-refractivity contribution is 5.81. The van der Waals surface area contributed by atoms with Crippen LogP contribution in [-0.4, -0.2) is 49.8 Å². The van der Waals surface area contributed by atoms with Crippen LogP contribution in [0, 0.1) is 0 Å². The Morgan fingerprint density at radius 2 is 2.00 bits per heavy atom. The molecular weight excluding hydrogens is 230 g/mol. The van der Waals surface area contributed by atoms with Crippen molar-refractivity contribution in [1.82, 2.24) is 4.90 Å². The average molecular weight is 251 g/mol. The molecule has 0 aliphatic heterocycles. The van der Waals surface area contributed by atoms with Crippen LogP contribution in [0.3, 0.4) is 0 Å². The zero-order valence-corrected chi connectivity index (χ0v) is 11.2. The van der Waals surface area contributed by atoms with Gasteiger partial charge in [-0.3, -0.25) is 4.79 Å². The maximum absolute atomic E-state index is 11.6. The lowest BCUT2D eigenvalue weighted by Gasteiger charge is -2.30. The fourth-order valence-corrected chi connectivity index (χ4v) is 1.95. The summed E-state index contributed by atoms with van der Waals surface area (Å²) in [6, 6.07) is 9.34. The maximum atomic E-state index is 11.6. The summed E-state index contributed by atoms with van der Waals surface area (Å²) in [7, 11) is 3.55. The monoisotopic (exact) mass is 251 g/mol. The molecule has 0 bridgehead atoms. The van der Waals surface area contributed by atoms with Crippen LogP contribution in [0.15, 0.2) is 30.3 Å². The Kier molecular flexibility index (Phi) is 5.31. The van der Waals surface area contributed by atoms with E-state index < -0.39 is 11.4 Å². The third kappa shape index (κ3) is 3.55. The van der Waals surface area contributed by atoms with E-state index in [-0.39, 0.29) is 0 Å². The van der Waals surface area contributed by atoms with E-state index in [4.69, 9.17) is 4.74 Å². The molecule has 100 valence electrons. The second-order valence-corrected chi connectivity index (χ2v) is 4.73. The van der Waals surface area contributed by atoms with Gasteiger partial charge in [0.25, 0.3) is 0 Å². The zero-order chi connectivity index (χ0) is 13.6. The van der Waals surface area contributed by atoms with Crippen molar-refractivity contribution < 1.29 is 14.6 Å². The number of carboxylic acids is 1. The Morgan fingerprint density at radius 1 is 1.39 bits per heavy atom. The number of aliphatic carboxylic acids is 1. The van der Waals surface area contributed by atoms with Crippen molar-refractivity contribution in [2.24, 2.45) is 0 Å². The number of ether oxygens (including phenoxy) is 1. The van der Waals surface area contributed by atoms with Crippen molar-refractivity contribution in [2.75, 3.05) is 33.9 Å². The van der Waals surface area contributed by atoms with Crippen molar-refractivity contribution >= 4 is 5.97 Å². The molecule has 4 heteroatoms. The molecule has 0 aromatic heterocycles. The standard InChI is InChI=1S/C14H21NO3/c1-14(13(16)17,11-15(2)9-10-18-3)12-7-5-4-6-8-12/h4-8H,9-11H2,1-3H3,(H,16,17). The molecule has 0 aliphatic rings.